The van der Waals surface area contributed by atoms with Gasteiger partial charge in [0.15, 0.2) is 0 Å². The zero-order valence-corrected chi connectivity index (χ0v) is 27.3. The Morgan fingerprint density at radius 2 is 1.58 bits per heavy atom. The van der Waals surface area contributed by atoms with Gasteiger partial charge in [-0.1, -0.05) is 118 Å². The second kappa shape index (κ2) is 15.1. The molecule has 0 aliphatic heterocycles. The van der Waals surface area contributed by atoms with E-state index in [2.05, 4.69) is 47.6 Å². The van der Waals surface area contributed by atoms with Crippen LogP contribution in [0.25, 0.3) is 0 Å². The fraction of sp³-hybridized carbons (Fsp3) is 0.946. The van der Waals surface area contributed by atoms with Crippen LogP contribution in [0.3, 0.4) is 0 Å². The van der Waals surface area contributed by atoms with Crippen molar-refractivity contribution in [3.05, 3.63) is 11.6 Å². The van der Waals surface area contributed by atoms with Crippen molar-refractivity contribution in [2.45, 2.75) is 171 Å². The maximum absolute atomic E-state index is 6.45. The maximum atomic E-state index is 6.45. The van der Waals surface area contributed by atoms with Gasteiger partial charge in [0.05, 0.1) is 6.10 Å². The number of rotatable bonds is 13. The van der Waals surface area contributed by atoms with E-state index in [1.807, 2.05) is 13.8 Å². The SMILES string of the molecule is CC.CCCCCCCCOC1CCC2(C)C(=CCC3C2CCC2(C)C(C(C)CCCC(C)C)CCC32)C1. The molecule has 0 aromatic heterocycles. The molecule has 0 aromatic carbocycles. The highest BCUT2D eigenvalue weighted by atomic mass is 16.5. The summed E-state index contributed by atoms with van der Waals surface area (Å²) in [6.07, 6.45) is 27.0. The minimum atomic E-state index is 0.464. The number of allylic oxidation sites excluding steroid dienone is 1. The molecule has 0 radical (unpaired) electrons. The first kappa shape index (κ1) is 32.2. The van der Waals surface area contributed by atoms with Crippen LogP contribution in [0.15, 0.2) is 11.6 Å². The van der Waals surface area contributed by atoms with Gasteiger partial charge in [-0.2, -0.15) is 0 Å². The fourth-order valence-electron chi connectivity index (χ4n) is 9.93. The van der Waals surface area contributed by atoms with E-state index in [-0.39, 0.29) is 0 Å². The third-order valence-electron chi connectivity index (χ3n) is 12.1. The molecule has 4 aliphatic rings. The molecule has 8 atom stereocenters. The Morgan fingerprint density at radius 3 is 2.32 bits per heavy atom. The van der Waals surface area contributed by atoms with Crippen molar-refractivity contribution in [2.75, 3.05) is 6.61 Å². The van der Waals surface area contributed by atoms with E-state index < -0.39 is 0 Å². The first-order chi connectivity index (χ1) is 18.3. The molecule has 1 nitrogen and oxygen atoms in total. The van der Waals surface area contributed by atoms with E-state index >= 15 is 0 Å². The van der Waals surface area contributed by atoms with Crippen LogP contribution in [0, 0.1) is 46.3 Å². The monoisotopic (exact) mass is 529 g/mol. The minimum Gasteiger partial charge on any atom is -0.378 e. The molecule has 0 aromatic rings. The Bertz CT molecular complexity index is 707. The van der Waals surface area contributed by atoms with Crippen molar-refractivity contribution >= 4 is 0 Å². The largest absolute Gasteiger partial charge is 0.378 e. The minimum absolute atomic E-state index is 0.464. The molecular formula is C37H68O. The summed E-state index contributed by atoms with van der Waals surface area (Å²) >= 11 is 0. The van der Waals surface area contributed by atoms with Crippen molar-refractivity contribution in [1.82, 2.24) is 0 Å². The molecule has 222 valence electrons. The molecule has 3 fully saturated rings. The van der Waals surface area contributed by atoms with E-state index in [1.54, 1.807) is 5.57 Å². The summed E-state index contributed by atoms with van der Waals surface area (Å²) in [7, 11) is 0. The molecule has 0 saturated heterocycles. The molecule has 4 aliphatic carbocycles. The van der Waals surface area contributed by atoms with Gasteiger partial charge < -0.3 is 4.74 Å². The van der Waals surface area contributed by atoms with Crippen LogP contribution >= 0.6 is 0 Å². The standard InChI is InChI=1S/C35H62O.C2H6/c1-7-8-9-10-11-12-24-36-29-20-22-34(5)28(25-29)16-17-30-32-19-18-31(27(4)15-13-14-26(2)3)35(32,6)23-21-33(30)34;1-2/h16,26-27,29-33H,7-15,17-25H2,1-6H3;1-2H3. The van der Waals surface area contributed by atoms with Gasteiger partial charge >= 0.3 is 0 Å². The maximum Gasteiger partial charge on any atom is 0.0612 e. The zero-order valence-electron chi connectivity index (χ0n) is 27.3. The van der Waals surface area contributed by atoms with Crippen LogP contribution in [-0.4, -0.2) is 12.7 Å². The van der Waals surface area contributed by atoms with Gasteiger partial charge in [-0.15, -0.1) is 0 Å². The quantitative estimate of drug-likeness (QED) is 0.170. The molecule has 0 amide bonds. The lowest BCUT2D eigenvalue weighted by Gasteiger charge is -2.58. The van der Waals surface area contributed by atoms with E-state index in [0.717, 1.165) is 42.1 Å². The molecule has 3 saturated carbocycles. The molecule has 0 N–H and O–H groups in total. The van der Waals surface area contributed by atoms with Crippen molar-refractivity contribution in [2.24, 2.45) is 46.3 Å². The second-order valence-electron chi connectivity index (χ2n) is 14.8. The molecule has 0 spiro atoms. The first-order valence-electron chi connectivity index (χ1n) is 17.6. The molecule has 38 heavy (non-hydrogen) atoms. The highest BCUT2D eigenvalue weighted by Gasteiger charge is 2.59. The van der Waals surface area contributed by atoms with Crippen LogP contribution < -0.4 is 0 Å². The van der Waals surface area contributed by atoms with Gasteiger partial charge in [0.2, 0.25) is 0 Å². The number of ether oxygens (including phenoxy) is 1. The second-order valence-corrected chi connectivity index (χ2v) is 14.8. The average Bonchev–Trinajstić information content (AvgIpc) is 3.26. The first-order valence-corrected chi connectivity index (χ1v) is 17.6. The van der Waals surface area contributed by atoms with Crippen LogP contribution in [0.5, 0.6) is 0 Å². The third kappa shape index (κ3) is 7.31. The van der Waals surface area contributed by atoms with E-state index in [4.69, 9.17) is 4.74 Å². The number of unbranched alkanes of at least 4 members (excludes halogenated alkanes) is 5. The Labute approximate surface area is 239 Å². The predicted octanol–water partition coefficient (Wildman–Crippen LogP) is 11.8. The van der Waals surface area contributed by atoms with Crippen LogP contribution in [0.4, 0.5) is 0 Å². The summed E-state index contributed by atoms with van der Waals surface area (Å²) in [4.78, 5) is 0. The number of hydrogen-bond donors (Lipinski definition) is 0. The summed E-state index contributed by atoms with van der Waals surface area (Å²) in [6.45, 7) is 20.1. The van der Waals surface area contributed by atoms with Crippen molar-refractivity contribution < 1.29 is 4.74 Å². The Balaban J connectivity index is 0.00000195. The molecule has 0 heterocycles. The van der Waals surface area contributed by atoms with Crippen molar-refractivity contribution in [3.8, 4) is 0 Å². The summed E-state index contributed by atoms with van der Waals surface area (Å²) in [5, 5.41) is 0. The highest BCUT2D eigenvalue weighted by molar-refractivity contribution is 5.25. The van der Waals surface area contributed by atoms with E-state index in [0.29, 0.717) is 16.9 Å². The lowest BCUT2D eigenvalue weighted by atomic mass is 9.47. The van der Waals surface area contributed by atoms with Crippen molar-refractivity contribution in [3.63, 3.8) is 0 Å². The van der Waals surface area contributed by atoms with Gasteiger partial charge in [-0.3, -0.25) is 0 Å². The normalized spacial score (nSPS) is 37.0. The third-order valence-corrected chi connectivity index (χ3v) is 12.1. The molecule has 4 rings (SSSR count). The number of fused-ring (bicyclic) bond motifs is 5. The summed E-state index contributed by atoms with van der Waals surface area (Å²) in [6, 6.07) is 0. The zero-order chi connectivity index (χ0) is 27.8. The smallest absolute Gasteiger partial charge is 0.0612 e. The van der Waals surface area contributed by atoms with Gasteiger partial charge in [0.25, 0.3) is 0 Å². The Morgan fingerprint density at radius 1 is 0.842 bits per heavy atom. The summed E-state index contributed by atoms with van der Waals surface area (Å²) in [5.74, 6) is 5.61. The Hall–Kier alpha value is -0.300. The topological polar surface area (TPSA) is 9.23 Å². The van der Waals surface area contributed by atoms with Crippen molar-refractivity contribution in [1.29, 1.82) is 0 Å². The van der Waals surface area contributed by atoms with E-state index in [1.165, 1.54) is 109 Å². The fourth-order valence-corrected chi connectivity index (χ4v) is 9.93. The van der Waals surface area contributed by atoms with Crippen LogP contribution in [-0.2, 0) is 4.74 Å². The van der Waals surface area contributed by atoms with Gasteiger partial charge in [-0.05, 0) is 104 Å². The molecular weight excluding hydrogens is 460 g/mol. The Kier molecular flexibility index (Phi) is 12.8. The lowest BCUT2D eigenvalue weighted by molar-refractivity contribution is -0.0641. The van der Waals surface area contributed by atoms with E-state index in [9.17, 15) is 0 Å². The highest BCUT2D eigenvalue weighted by Crippen LogP contribution is 2.67. The average molecular weight is 529 g/mol. The molecule has 1 heteroatoms. The molecule has 8 unspecified atom stereocenters. The predicted molar refractivity (Wildman–Crippen MR) is 168 cm³/mol. The summed E-state index contributed by atoms with van der Waals surface area (Å²) < 4.78 is 6.45. The van der Waals surface area contributed by atoms with Crippen LogP contribution in [0.2, 0.25) is 0 Å². The van der Waals surface area contributed by atoms with Gasteiger partial charge in [0, 0.05) is 6.61 Å². The van der Waals surface area contributed by atoms with Gasteiger partial charge in [0.1, 0.15) is 0 Å². The summed E-state index contributed by atoms with van der Waals surface area (Å²) in [5.41, 5.74) is 2.87. The number of hydrogen-bond acceptors (Lipinski definition) is 1. The lowest BCUT2D eigenvalue weighted by Crippen LogP contribution is -2.51. The van der Waals surface area contributed by atoms with Gasteiger partial charge in [-0.25, -0.2) is 0 Å². The van der Waals surface area contributed by atoms with Crippen LogP contribution in [0.1, 0.15) is 165 Å². The molecule has 0 bridgehead atoms.